The molecule has 0 aliphatic carbocycles. The minimum Gasteiger partial charge on any atom is -0.380 e. The molecule has 262 valence electrons. The third-order valence-corrected chi connectivity index (χ3v) is 9.62. The van der Waals surface area contributed by atoms with Gasteiger partial charge in [-0.15, -0.1) is 0 Å². The van der Waals surface area contributed by atoms with Crippen molar-refractivity contribution in [2.75, 3.05) is 112 Å². The summed E-state index contributed by atoms with van der Waals surface area (Å²) >= 11 is 0. The van der Waals surface area contributed by atoms with E-state index in [4.69, 9.17) is 18.9 Å². The van der Waals surface area contributed by atoms with Crippen LogP contribution >= 0.6 is 0 Å². The number of nitrogens with zero attached hydrogens (tertiary/aromatic N) is 4. The lowest BCUT2D eigenvalue weighted by atomic mass is 9.79. The van der Waals surface area contributed by atoms with E-state index in [1.165, 1.54) is 84.5 Å². The molecule has 4 saturated heterocycles. The predicted molar refractivity (Wildman–Crippen MR) is 185 cm³/mol. The number of likely N-dealkylation sites (tertiary alicyclic amines) is 4. The molecule has 4 aliphatic heterocycles. The first kappa shape index (κ1) is 39.9. The molecule has 2 spiro atoms. The topological polar surface area (TPSA) is 49.9 Å². The maximum absolute atomic E-state index is 5.72. The van der Waals surface area contributed by atoms with Gasteiger partial charge in [-0.2, -0.15) is 0 Å². The Hall–Kier alpha value is -0.320. The van der Waals surface area contributed by atoms with Gasteiger partial charge in [-0.3, -0.25) is 0 Å². The van der Waals surface area contributed by atoms with E-state index in [1.54, 1.807) is 0 Å². The maximum Gasteiger partial charge on any atom is 0.0596 e. The van der Waals surface area contributed by atoms with E-state index < -0.39 is 0 Å². The zero-order valence-corrected chi connectivity index (χ0v) is 30.7. The normalized spacial score (nSPS) is 26.7. The van der Waals surface area contributed by atoms with Crippen molar-refractivity contribution in [1.29, 1.82) is 0 Å². The molecule has 0 aromatic carbocycles. The molecular weight excluding hydrogens is 552 g/mol. The largest absolute Gasteiger partial charge is 0.380 e. The van der Waals surface area contributed by atoms with Gasteiger partial charge < -0.3 is 38.5 Å². The quantitative estimate of drug-likeness (QED) is 0.209. The second kappa shape index (κ2) is 21.5. The summed E-state index contributed by atoms with van der Waals surface area (Å²) < 4.78 is 22.6. The van der Waals surface area contributed by atoms with Crippen LogP contribution in [-0.2, 0) is 18.9 Å². The average Bonchev–Trinajstić information content (AvgIpc) is 3.69. The van der Waals surface area contributed by atoms with E-state index in [0.717, 1.165) is 59.2 Å². The molecule has 8 heteroatoms. The summed E-state index contributed by atoms with van der Waals surface area (Å²) in [6.07, 6.45) is 7.88. The summed E-state index contributed by atoms with van der Waals surface area (Å²) in [4.78, 5) is 10.4. The molecule has 4 heterocycles. The van der Waals surface area contributed by atoms with Gasteiger partial charge in [0.2, 0.25) is 0 Å². The smallest absolute Gasteiger partial charge is 0.0596 e. The Kier molecular flexibility index (Phi) is 19.5. The van der Waals surface area contributed by atoms with E-state index >= 15 is 0 Å². The van der Waals surface area contributed by atoms with Gasteiger partial charge in [-0.25, -0.2) is 0 Å². The Morgan fingerprint density at radius 3 is 1.20 bits per heavy atom. The summed E-state index contributed by atoms with van der Waals surface area (Å²) in [6.45, 7) is 37.5. The lowest BCUT2D eigenvalue weighted by Crippen LogP contribution is -2.46. The highest BCUT2D eigenvalue weighted by atomic mass is 16.5. The van der Waals surface area contributed by atoms with Crippen molar-refractivity contribution in [2.24, 2.45) is 10.8 Å². The molecule has 0 radical (unpaired) electrons. The molecule has 4 aliphatic rings. The average molecular weight is 627 g/mol. The van der Waals surface area contributed by atoms with Crippen molar-refractivity contribution >= 4 is 0 Å². The first-order valence-corrected chi connectivity index (χ1v) is 18.4. The number of piperidine rings is 1. The van der Waals surface area contributed by atoms with Crippen LogP contribution in [0.15, 0.2) is 0 Å². The maximum atomic E-state index is 5.72. The molecule has 2 atom stereocenters. The van der Waals surface area contributed by atoms with Crippen LogP contribution in [0.2, 0.25) is 0 Å². The molecule has 4 rings (SSSR count). The standard InChI is InChI=1S/C18H36N2O2.C16H32N2O2.C2H6/c1-16(2)21-12-10-19-8-5-6-18(14-19)7-9-20(15-18)11-13-22-17(3)4;1-4-19-11-9-17-7-5-16(13-17)6-8-18(14-16)10-12-20-15(2)3;1-2/h16-17H,5-15H2,1-4H3;15H,4-14H2,1-3H3;1-2H3/t18-;16-;/m10./s1. The van der Waals surface area contributed by atoms with Gasteiger partial charge >= 0.3 is 0 Å². The van der Waals surface area contributed by atoms with Gasteiger partial charge in [0.1, 0.15) is 0 Å². The van der Waals surface area contributed by atoms with Crippen LogP contribution in [0.3, 0.4) is 0 Å². The van der Waals surface area contributed by atoms with Crippen molar-refractivity contribution in [2.45, 2.75) is 113 Å². The summed E-state index contributed by atoms with van der Waals surface area (Å²) in [5.41, 5.74) is 1.10. The molecule has 8 nitrogen and oxygen atoms in total. The van der Waals surface area contributed by atoms with Crippen LogP contribution in [0.1, 0.15) is 94.4 Å². The van der Waals surface area contributed by atoms with Crippen molar-refractivity contribution < 1.29 is 18.9 Å². The van der Waals surface area contributed by atoms with Crippen LogP contribution in [0.4, 0.5) is 0 Å². The van der Waals surface area contributed by atoms with Crippen molar-refractivity contribution in [1.82, 2.24) is 19.6 Å². The fourth-order valence-corrected chi connectivity index (χ4v) is 7.41. The lowest BCUT2D eigenvalue weighted by molar-refractivity contribution is 0.0288. The van der Waals surface area contributed by atoms with Crippen LogP contribution in [0.5, 0.6) is 0 Å². The van der Waals surface area contributed by atoms with Crippen LogP contribution < -0.4 is 0 Å². The molecule has 0 amide bonds. The van der Waals surface area contributed by atoms with Gasteiger partial charge in [0, 0.05) is 59.0 Å². The fourth-order valence-electron chi connectivity index (χ4n) is 7.41. The molecule has 0 aromatic rings. The minimum atomic E-state index is 0.349. The van der Waals surface area contributed by atoms with Crippen LogP contribution in [-0.4, -0.2) is 149 Å². The molecular formula is C36H74N4O4. The van der Waals surface area contributed by atoms with Gasteiger partial charge in [0.15, 0.2) is 0 Å². The summed E-state index contributed by atoms with van der Waals surface area (Å²) in [5, 5.41) is 0. The Balaban J connectivity index is 0.000000292. The predicted octanol–water partition coefficient (Wildman–Crippen LogP) is 5.50. The fraction of sp³-hybridized carbons (Fsp3) is 1.00. The molecule has 0 saturated carbocycles. The van der Waals surface area contributed by atoms with E-state index in [9.17, 15) is 0 Å². The van der Waals surface area contributed by atoms with E-state index in [1.807, 2.05) is 13.8 Å². The van der Waals surface area contributed by atoms with E-state index in [0.29, 0.717) is 29.1 Å². The van der Waals surface area contributed by atoms with E-state index in [2.05, 4.69) is 68.1 Å². The Morgan fingerprint density at radius 1 is 0.500 bits per heavy atom. The van der Waals surface area contributed by atoms with E-state index in [-0.39, 0.29) is 0 Å². The second-order valence-corrected chi connectivity index (χ2v) is 14.4. The third kappa shape index (κ3) is 15.1. The molecule has 4 fully saturated rings. The molecule has 0 bridgehead atoms. The van der Waals surface area contributed by atoms with Gasteiger partial charge in [-0.1, -0.05) is 13.8 Å². The number of hydrogen-bond donors (Lipinski definition) is 0. The Labute approximate surface area is 273 Å². The van der Waals surface area contributed by atoms with Crippen molar-refractivity contribution in [3.8, 4) is 0 Å². The molecule has 0 N–H and O–H groups in total. The first-order valence-electron chi connectivity index (χ1n) is 18.4. The number of ether oxygens (including phenoxy) is 4. The van der Waals surface area contributed by atoms with Gasteiger partial charge in [0.05, 0.1) is 44.7 Å². The summed E-state index contributed by atoms with van der Waals surface area (Å²) in [6, 6.07) is 0. The minimum absolute atomic E-state index is 0.349. The highest BCUT2D eigenvalue weighted by molar-refractivity contribution is 4.97. The summed E-state index contributed by atoms with van der Waals surface area (Å²) in [5.74, 6) is 0. The van der Waals surface area contributed by atoms with Crippen LogP contribution in [0.25, 0.3) is 0 Å². The Morgan fingerprint density at radius 2 is 0.841 bits per heavy atom. The van der Waals surface area contributed by atoms with Gasteiger partial charge in [-0.05, 0) is 118 Å². The lowest BCUT2D eigenvalue weighted by Gasteiger charge is -2.40. The first-order chi connectivity index (χ1) is 21.1. The Bertz CT molecular complexity index is 726. The molecule has 44 heavy (non-hydrogen) atoms. The SMILES string of the molecule is CC.CC(C)OCCN1CCC[C@@]2(CCN(CCOC(C)C)C2)C1.CCOCCN1CC[C@]2(CCN(CCOC(C)C)C2)C1. The monoisotopic (exact) mass is 627 g/mol. The zero-order valence-electron chi connectivity index (χ0n) is 30.7. The van der Waals surface area contributed by atoms with Crippen molar-refractivity contribution in [3.05, 3.63) is 0 Å². The molecule has 0 unspecified atom stereocenters. The van der Waals surface area contributed by atoms with Gasteiger partial charge in [0.25, 0.3) is 0 Å². The highest BCUT2D eigenvalue weighted by Gasteiger charge is 2.43. The number of rotatable bonds is 16. The zero-order chi connectivity index (χ0) is 32.4. The van der Waals surface area contributed by atoms with Crippen molar-refractivity contribution in [3.63, 3.8) is 0 Å². The summed E-state index contributed by atoms with van der Waals surface area (Å²) in [7, 11) is 0. The third-order valence-electron chi connectivity index (χ3n) is 9.62. The highest BCUT2D eigenvalue weighted by Crippen LogP contribution is 2.40. The number of hydrogen-bond acceptors (Lipinski definition) is 8. The second-order valence-electron chi connectivity index (χ2n) is 14.4. The molecule has 0 aromatic heterocycles. The van der Waals surface area contributed by atoms with Crippen LogP contribution in [0, 0.1) is 10.8 Å².